The molecule has 0 aromatic carbocycles. The van der Waals surface area contributed by atoms with E-state index >= 15 is 0 Å². The van der Waals surface area contributed by atoms with Crippen molar-refractivity contribution in [2.24, 2.45) is 0 Å². The van der Waals surface area contributed by atoms with Gasteiger partial charge in [0.15, 0.2) is 5.78 Å². The molecule has 1 N–H and O–H groups in total. The number of hydrogen-bond acceptors (Lipinski definition) is 4. The van der Waals surface area contributed by atoms with Crippen LogP contribution in [-0.2, 0) is 0 Å². The Morgan fingerprint density at radius 1 is 1.53 bits per heavy atom. The van der Waals surface area contributed by atoms with Crippen LogP contribution in [0.3, 0.4) is 0 Å². The summed E-state index contributed by atoms with van der Waals surface area (Å²) in [4.78, 5) is 23.2. The highest BCUT2D eigenvalue weighted by atomic mass is 16.4. The second kappa shape index (κ2) is 4.77. The number of aryl methyl sites for hydroxylation is 1. The van der Waals surface area contributed by atoms with E-state index in [-0.39, 0.29) is 11.3 Å². The summed E-state index contributed by atoms with van der Waals surface area (Å²) in [6.45, 7) is 3.57. The third kappa shape index (κ3) is 2.46. The van der Waals surface area contributed by atoms with Crippen LogP contribution in [0.2, 0.25) is 0 Å². The van der Waals surface area contributed by atoms with Crippen molar-refractivity contribution in [1.29, 1.82) is 0 Å². The number of hydrogen-bond donors (Lipinski definition) is 1. The largest absolute Gasteiger partial charge is 0.428 e. The van der Waals surface area contributed by atoms with Gasteiger partial charge in [0.1, 0.15) is 11.3 Å². The Morgan fingerprint density at radius 2 is 2.20 bits per heavy atom. The van der Waals surface area contributed by atoms with Gasteiger partial charge in [0, 0.05) is 19.5 Å². The molecule has 0 fully saturated rings. The summed E-state index contributed by atoms with van der Waals surface area (Å²) in [5.74, 6) is 0.327. The van der Waals surface area contributed by atoms with Gasteiger partial charge in [-0.1, -0.05) is 6.92 Å². The van der Waals surface area contributed by atoms with Crippen LogP contribution in [0.1, 0.15) is 35.9 Å². The fraction of sp³-hybridized carbons (Fsp3) is 0.455. The normalized spacial score (nSPS) is 10.1. The Labute approximate surface area is 88.3 Å². The maximum absolute atomic E-state index is 11.7. The zero-order chi connectivity index (χ0) is 11.4. The summed E-state index contributed by atoms with van der Waals surface area (Å²) in [6.07, 6.45) is 1.08. The van der Waals surface area contributed by atoms with Crippen molar-refractivity contribution < 1.29 is 9.21 Å². The molecule has 1 aromatic rings. The van der Waals surface area contributed by atoms with E-state index in [1.165, 1.54) is 0 Å². The van der Waals surface area contributed by atoms with Crippen molar-refractivity contribution >= 4 is 11.5 Å². The van der Waals surface area contributed by atoms with E-state index < -0.39 is 5.63 Å². The number of rotatable bonds is 4. The number of carbonyl (C=O) groups is 1. The predicted molar refractivity (Wildman–Crippen MR) is 58.5 cm³/mol. The molecular formula is C11H15NO3. The van der Waals surface area contributed by atoms with Crippen LogP contribution in [0, 0.1) is 6.92 Å². The lowest BCUT2D eigenvalue weighted by Crippen LogP contribution is -2.17. The maximum Gasteiger partial charge on any atom is 0.348 e. The van der Waals surface area contributed by atoms with E-state index in [9.17, 15) is 9.59 Å². The zero-order valence-electron chi connectivity index (χ0n) is 9.22. The molecule has 82 valence electrons. The molecular weight excluding hydrogens is 194 g/mol. The lowest BCUT2D eigenvalue weighted by Gasteiger charge is -2.06. The van der Waals surface area contributed by atoms with Gasteiger partial charge in [-0.25, -0.2) is 4.79 Å². The number of ketones is 1. The van der Waals surface area contributed by atoms with Crippen molar-refractivity contribution in [2.45, 2.75) is 26.7 Å². The van der Waals surface area contributed by atoms with Crippen molar-refractivity contribution in [1.82, 2.24) is 0 Å². The van der Waals surface area contributed by atoms with Gasteiger partial charge in [0.05, 0.1) is 5.69 Å². The van der Waals surface area contributed by atoms with E-state index in [1.807, 2.05) is 6.92 Å². The molecule has 1 rings (SSSR count). The smallest absolute Gasteiger partial charge is 0.348 e. The Hall–Kier alpha value is -1.58. The van der Waals surface area contributed by atoms with Crippen molar-refractivity contribution in [2.75, 3.05) is 12.4 Å². The minimum atomic E-state index is -0.558. The highest BCUT2D eigenvalue weighted by Crippen LogP contribution is 2.15. The summed E-state index contributed by atoms with van der Waals surface area (Å²) in [5.41, 5.74) is 0.116. The summed E-state index contributed by atoms with van der Waals surface area (Å²) >= 11 is 0. The topological polar surface area (TPSA) is 59.3 Å². The fourth-order valence-corrected chi connectivity index (χ4v) is 1.43. The summed E-state index contributed by atoms with van der Waals surface area (Å²) in [5, 5.41) is 2.84. The second-order valence-electron chi connectivity index (χ2n) is 3.36. The number of Topliss-reactive ketones (excluding diaryl/α,β-unsaturated/α-hetero) is 1. The van der Waals surface area contributed by atoms with Crippen LogP contribution in [0.25, 0.3) is 0 Å². The first kappa shape index (κ1) is 11.5. The molecule has 4 heteroatoms. The van der Waals surface area contributed by atoms with Crippen molar-refractivity contribution in [3.63, 3.8) is 0 Å². The van der Waals surface area contributed by atoms with Crippen LogP contribution < -0.4 is 10.9 Å². The predicted octanol–water partition coefficient (Wildman–Crippen LogP) is 1.97. The number of nitrogens with one attached hydrogen (secondary N) is 1. The van der Waals surface area contributed by atoms with E-state index in [4.69, 9.17) is 4.42 Å². The Balaban J connectivity index is 3.27. The minimum Gasteiger partial charge on any atom is -0.428 e. The lowest BCUT2D eigenvalue weighted by atomic mass is 10.1. The number of anilines is 1. The van der Waals surface area contributed by atoms with Crippen molar-refractivity contribution in [3.8, 4) is 0 Å². The molecule has 0 aliphatic carbocycles. The quantitative estimate of drug-likeness (QED) is 0.770. The Bertz CT molecular complexity index is 420. The molecule has 15 heavy (non-hydrogen) atoms. The molecule has 0 spiro atoms. The van der Waals surface area contributed by atoms with Crippen LogP contribution in [0.5, 0.6) is 0 Å². The molecule has 0 bridgehead atoms. The first-order chi connectivity index (χ1) is 7.10. The van der Waals surface area contributed by atoms with Crippen LogP contribution in [0.4, 0.5) is 5.69 Å². The molecule has 0 saturated heterocycles. The fourth-order valence-electron chi connectivity index (χ4n) is 1.43. The summed E-state index contributed by atoms with van der Waals surface area (Å²) in [6, 6.07) is 1.66. The van der Waals surface area contributed by atoms with Gasteiger partial charge in [-0.05, 0) is 13.3 Å². The van der Waals surface area contributed by atoms with Gasteiger partial charge in [0.25, 0.3) is 0 Å². The average molecular weight is 209 g/mol. The van der Waals surface area contributed by atoms with Gasteiger partial charge < -0.3 is 9.73 Å². The molecule has 1 aromatic heterocycles. The third-order valence-electron chi connectivity index (χ3n) is 2.10. The van der Waals surface area contributed by atoms with E-state index in [2.05, 4.69) is 5.32 Å². The van der Waals surface area contributed by atoms with Crippen molar-refractivity contribution in [3.05, 3.63) is 27.8 Å². The molecule has 0 atom stereocenters. The summed E-state index contributed by atoms with van der Waals surface area (Å²) < 4.78 is 4.90. The molecule has 0 saturated carbocycles. The zero-order valence-corrected chi connectivity index (χ0v) is 9.22. The molecule has 1 heterocycles. The minimum absolute atomic E-state index is 0.130. The van der Waals surface area contributed by atoms with Gasteiger partial charge in [-0.2, -0.15) is 0 Å². The van der Waals surface area contributed by atoms with Gasteiger partial charge in [0.2, 0.25) is 0 Å². The van der Waals surface area contributed by atoms with Gasteiger partial charge in [-0.15, -0.1) is 0 Å². The first-order valence-electron chi connectivity index (χ1n) is 4.95. The molecule has 0 aliphatic rings. The average Bonchev–Trinajstić information content (AvgIpc) is 2.16. The van der Waals surface area contributed by atoms with Crippen LogP contribution >= 0.6 is 0 Å². The summed E-state index contributed by atoms with van der Waals surface area (Å²) in [7, 11) is 1.68. The van der Waals surface area contributed by atoms with Crippen LogP contribution in [0.15, 0.2) is 15.3 Å². The molecule has 0 unspecified atom stereocenters. The second-order valence-corrected chi connectivity index (χ2v) is 3.36. The lowest BCUT2D eigenvalue weighted by molar-refractivity contribution is 0.0978. The molecule has 0 radical (unpaired) electrons. The highest BCUT2D eigenvalue weighted by Gasteiger charge is 2.16. The Kier molecular flexibility index (Phi) is 3.66. The molecule has 0 amide bonds. The maximum atomic E-state index is 11.7. The van der Waals surface area contributed by atoms with Crippen LogP contribution in [-0.4, -0.2) is 12.8 Å². The first-order valence-corrected chi connectivity index (χ1v) is 4.95. The van der Waals surface area contributed by atoms with E-state index in [1.54, 1.807) is 20.0 Å². The number of carbonyl (C=O) groups excluding carboxylic acids is 1. The van der Waals surface area contributed by atoms with E-state index in [0.29, 0.717) is 17.9 Å². The standard InChI is InChI=1S/C11H15NO3/c1-4-5-9(13)10-8(12-3)6-7(2)15-11(10)14/h6,12H,4-5H2,1-3H3. The SMILES string of the molecule is CCCC(=O)c1c(NC)cc(C)oc1=O. The van der Waals surface area contributed by atoms with Gasteiger partial charge >= 0.3 is 5.63 Å². The third-order valence-corrected chi connectivity index (χ3v) is 2.10. The Morgan fingerprint density at radius 3 is 2.73 bits per heavy atom. The van der Waals surface area contributed by atoms with E-state index in [0.717, 1.165) is 6.42 Å². The van der Waals surface area contributed by atoms with Gasteiger partial charge in [-0.3, -0.25) is 4.79 Å². The monoisotopic (exact) mass is 209 g/mol. The highest BCUT2D eigenvalue weighted by molar-refractivity contribution is 6.00. The molecule has 4 nitrogen and oxygen atoms in total. The molecule has 0 aliphatic heterocycles.